The summed E-state index contributed by atoms with van der Waals surface area (Å²) in [6, 6.07) is 8.62. The molecule has 0 saturated heterocycles. The predicted molar refractivity (Wildman–Crippen MR) is 95.0 cm³/mol. The van der Waals surface area contributed by atoms with Crippen LogP contribution in [0.3, 0.4) is 0 Å². The van der Waals surface area contributed by atoms with Crippen LogP contribution in [0.1, 0.15) is 23.2 Å². The zero-order valence-electron chi connectivity index (χ0n) is 13.4. The molecule has 2 aromatic rings. The molecule has 5 nitrogen and oxygen atoms in total. The smallest absolute Gasteiger partial charge is 0.252 e. The maximum atomic E-state index is 12.8. The van der Waals surface area contributed by atoms with E-state index >= 15 is 0 Å². The molecule has 0 saturated carbocycles. The van der Waals surface area contributed by atoms with Gasteiger partial charge in [-0.2, -0.15) is 0 Å². The Labute approximate surface area is 149 Å². The lowest BCUT2D eigenvalue weighted by atomic mass is 10.1. The molecule has 0 aliphatic rings. The lowest BCUT2D eigenvalue weighted by Crippen LogP contribution is -2.25. The summed E-state index contributed by atoms with van der Waals surface area (Å²) in [6.07, 6.45) is 1.97. The highest BCUT2D eigenvalue weighted by Gasteiger charge is 2.08. The second kappa shape index (κ2) is 8.94. The summed E-state index contributed by atoms with van der Waals surface area (Å²) in [5.41, 5.74) is 1.60. The van der Waals surface area contributed by atoms with E-state index in [1.165, 1.54) is 36.5 Å². The van der Waals surface area contributed by atoms with Gasteiger partial charge in [0.15, 0.2) is 0 Å². The van der Waals surface area contributed by atoms with E-state index in [4.69, 9.17) is 11.6 Å². The highest BCUT2D eigenvalue weighted by atomic mass is 35.5. The van der Waals surface area contributed by atoms with Gasteiger partial charge in [-0.15, -0.1) is 0 Å². The molecule has 0 radical (unpaired) electrons. The average molecular weight is 362 g/mol. The van der Waals surface area contributed by atoms with Crippen molar-refractivity contribution in [1.82, 2.24) is 10.3 Å². The number of nitrogens with zero attached hydrogens (tertiary/aromatic N) is 1. The Morgan fingerprint density at radius 1 is 1.16 bits per heavy atom. The Hall–Kier alpha value is -2.73. The van der Waals surface area contributed by atoms with E-state index in [0.29, 0.717) is 34.9 Å². The van der Waals surface area contributed by atoms with E-state index < -0.39 is 0 Å². The number of anilines is 1. The molecule has 0 aliphatic carbocycles. The average Bonchev–Trinajstić information content (AvgIpc) is 2.57. The number of aromatic nitrogens is 1. The lowest BCUT2D eigenvalue weighted by Gasteiger charge is -2.09. The lowest BCUT2D eigenvalue weighted by molar-refractivity contribution is -0.115. The quantitative estimate of drug-likeness (QED) is 0.585. The van der Waals surface area contributed by atoms with Crippen molar-refractivity contribution in [2.75, 3.05) is 11.9 Å². The molecule has 0 fully saturated rings. The number of benzene rings is 1. The van der Waals surface area contributed by atoms with Crippen LogP contribution in [-0.4, -0.2) is 23.3 Å². The largest absolute Gasteiger partial charge is 0.352 e. The summed E-state index contributed by atoms with van der Waals surface area (Å²) >= 11 is 5.67. The third-order valence-electron chi connectivity index (χ3n) is 3.29. The number of rotatable bonds is 7. The van der Waals surface area contributed by atoms with Crippen LogP contribution < -0.4 is 10.6 Å². The summed E-state index contributed by atoms with van der Waals surface area (Å²) in [5.74, 6) is -0.883. The molecule has 0 spiro atoms. The molecule has 1 aromatic heterocycles. The molecule has 2 N–H and O–H groups in total. The number of nitrogens with one attached hydrogen (secondary N) is 2. The molecular formula is C18H17ClFN3O2. The van der Waals surface area contributed by atoms with Crippen LogP contribution in [0.15, 0.2) is 54.7 Å². The second-order valence-electron chi connectivity index (χ2n) is 5.36. The van der Waals surface area contributed by atoms with Gasteiger partial charge in [-0.05, 0) is 42.8 Å². The van der Waals surface area contributed by atoms with Crippen LogP contribution in [-0.2, 0) is 4.79 Å². The van der Waals surface area contributed by atoms with Crippen LogP contribution in [0.2, 0.25) is 5.15 Å². The first-order valence-corrected chi connectivity index (χ1v) is 7.93. The summed E-state index contributed by atoms with van der Waals surface area (Å²) in [6.45, 7) is 4.18. The van der Waals surface area contributed by atoms with Gasteiger partial charge in [-0.3, -0.25) is 9.59 Å². The molecule has 1 aromatic carbocycles. The van der Waals surface area contributed by atoms with E-state index in [0.717, 1.165) is 0 Å². The number of amides is 2. The molecule has 7 heteroatoms. The first-order chi connectivity index (χ1) is 11.9. The van der Waals surface area contributed by atoms with E-state index in [2.05, 4.69) is 22.2 Å². The van der Waals surface area contributed by atoms with Gasteiger partial charge in [0.25, 0.3) is 5.91 Å². The normalized spacial score (nSPS) is 10.2. The Balaban J connectivity index is 1.71. The van der Waals surface area contributed by atoms with E-state index in [1.807, 2.05) is 0 Å². The molecule has 130 valence electrons. The standard InChI is InChI=1S/C18H17ClFN3O2/c1-12(10-17(24)23-15-5-3-14(20)4-6-15)8-9-21-18(25)13-2-7-16(19)22-11-13/h2-7,11H,1,8-10H2,(H,21,25)(H,23,24). The van der Waals surface area contributed by atoms with Crippen LogP contribution in [0.5, 0.6) is 0 Å². The van der Waals surface area contributed by atoms with Crippen LogP contribution in [0, 0.1) is 5.82 Å². The number of carbonyl (C=O) groups is 2. The molecule has 0 unspecified atom stereocenters. The molecule has 0 bridgehead atoms. The van der Waals surface area contributed by atoms with Crippen molar-refractivity contribution in [2.45, 2.75) is 12.8 Å². The van der Waals surface area contributed by atoms with Crippen molar-refractivity contribution in [3.63, 3.8) is 0 Å². The van der Waals surface area contributed by atoms with Gasteiger partial charge in [0.1, 0.15) is 11.0 Å². The molecule has 1 heterocycles. The summed E-state index contributed by atoms with van der Waals surface area (Å²) in [4.78, 5) is 27.6. The Morgan fingerprint density at radius 3 is 2.52 bits per heavy atom. The minimum Gasteiger partial charge on any atom is -0.352 e. The minimum absolute atomic E-state index is 0.121. The van der Waals surface area contributed by atoms with E-state index in [-0.39, 0.29) is 24.1 Å². The fourth-order valence-electron chi connectivity index (χ4n) is 2.02. The Bertz CT molecular complexity index is 761. The Kier molecular flexibility index (Phi) is 6.65. The van der Waals surface area contributed by atoms with Crippen molar-refractivity contribution < 1.29 is 14.0 Å². The second-order valence-corrected chi connectivity index (χ2v) is 5.74. The van der Waals surface area contributed by atoms with Crippen molar-refractivity contribution in [2.24, 2.45) is 0 Å². The van der Waals surface area contributed by atoms with Gasteiger partial charge in [-0.25, -0.2) is 9.37 Å². The van der Waals surface area contributed by atoms with Crippen molar-refractivity contribution >= 4 is 29.1 Å². The molecule has 0 aliphatic heterocycles. The Morgan fingerprint density at radius 2 is 1.88 bits per heavy atom. The minimum atomic E-state index is -0.367. The molecule has 0 atom stereocenters. The van der Waals surface area contributed by atoms with Crippen LogP contribution in [0.25, 0.3) is 0 Å². The van der Waals surface area contributed by atoms with E-state index in [1.54, 1.807) is 6.07 Å². The summed E-state index contributed by atoms with van der Waals surface area (Å²) in [7, 11) is 0. The highest BCUT2D eigenvalue weighted by molar-refractivity contribution is 6.29. The first-order valence-electron chi connectivity index (χ1n) is 7.56. The summed E-state index contributed by atoms with van der Waals surface area (Å²) < 4.78 is 12.8. The van der Waals surface area contributed by atoms with Crippen molar-refractivity contribution in [3.8, 4) is 0 Å². The zero-order valence-corrected chi connectivity index (χ0v) is 14.1. The monoisotopic (exact) mass is 361 g/mol. The summed E-state index contributed by atoms with van der Waals surface area (Å²) in [5, 5.41) is 5.69. The van der Waals surface area contributed by atoms with Gasteiger partial charge < -0.3 is 10.6 Å². The number of carbonyl (C=O) groups excluding carboxylic acids is 2. The SMILES string of the molecule is C=C(CCNC(=O)c1ccc(Cl)nc1)CC(=O)Nc1ccc(F)cc1. The number of halogens is 2. The van der Waals surface area contributed by atoms with Crippen LogP contribution in [0.4, 0.5) is 10.1 Å². The molecule has 25 heavy (non-hydrogen) atoms. The topological polar surface area (TPSA) is 71.1 Å². The van der Waals surface area contributed by atoms with Crippen LogP contribution >= 0.6 is 11.6 Å². The van der Waals surface area contributed by atoms with Gasteiger partial charge in [0.05, 0.1) is 5.56 Å². The number of hydrogen-bond acceptors (Lipinski definition) is 3. The first kappa shape index (κ1) is 18.6. The van der Waals surface area contributed by atoms with Gasteiger partial charge in [0.2, 0.25) is 5.91 Å². The van der Waals surface area contributed by atoms with Gasteiger partial charge in [0, 0.05) is 24.8 Å². The van der Waals surface area contributed by atoms with Gasteiger partial charge in [-0.1, -0.05) is 23.8 Å². The van der Waals surface area contributed by atoms with Crippen molar-refractivity contribution in [1.29, 1.82) is 0 Å². The van der Waals surface area contributed by atoms with E-state index in [9.17, 15) is 14.0 Å². The fourth-order valence-corrected chi connectivity index (χ4v) is 2.13. The highest BCUT2D eigenvalue weighted by Crippen LogP contribution is 2.11. The predicted octanol–water partition coefficient (Wildman–Crippen LogP) is 3.58. The third kappa shape index (κ3) is 6.35. The van der Waals surface area contributed by atoms with Gasteiger partial charge >= 0.3 is 0 Å². The number of hydrogen-bond donors (Lipinski definition) is 2. The van der Waals surface area contributed by atoms with Crippen molar-refractivity contribution in [3.05, 3.63) is 71.3 Å². The molecule has 2 rings (SSSR count). The third-order valence-corrected chi connectivity index (χ3v) is 3.52. The fraction of sp³-hybridized carbons (Fsp3) is 0.167. The molecule has 2 amide bonds. The number of pyridine rings is 1. The maximum Gasteiger partial charge on any atom is 0.252 e. The molecular weight excluding hydrogens is 345 g/mol. The maximum absolute atomic E-state index is 12.8. The zero-order chi connectivity index (χ0) is 18.2.